The second kappa shape index (κ2) is 8.82. The van der Waals surface area contributed by atoms with Crippen LogP contribution in [-0.2, 0) is 16.0 Å². The van der Waals surface area contributed by atoms with Crippen LogP contribution in [0.15, 0.2) is 48.7 Å². The first kappa shape index (κ1) is 19.7. The number of nitrogens with zero attached hydrogens (tertiary/aromatic N) is 2. The Labute approximate surface area is 171 Å². The summed E-state index contributed by atoms with van der Waals surface area (Å²) in [7, 11) is 3.41. The molecule has 2 aromatic rings. The minimum absolute atomic E-state index is 0.124. The van der Waals surface area contributed by atoms with Gasteiger partial charge in [-0.2, -0.15) is 0 Å². The molecule has 0 N–H and O–H groups in total. The standard InChI is InChI=1S/C23H28N2O4/c1-27-18-7-5-6-16(12-18)13-23(26)25-15-21(29-22-8-3-4-11-24-22)19-14-17(25)9-10-20(19)28-2/h3-8,11-12,17,19-21H,9-10,13-15H2,1-2H3/t17-,19-,20+,21-/m0/s1. The molecule has 29 heavy (non-hydrogen) atoms. The summed E-state index contributed by atoms with van der Waals surface area (Å²) in [6.45, 7) is 0.564. The van der Waals surface area contributed by atoms with Crippen LogP contribution in [0.4, 0.5) is 0 Å². The number of hydrogen-bond donors (Lipinski definition) is 0. The minimum Gasteiger partial charge on any atom is -0.497 e. The zero-order chi connectivity index (χ0) is 20.2. The van der Waals surface area contributed by atoms with Gasteiger partial charge in [0, 0.05) is 31.3 Å². The summed E-state index contributed by atoms with van der Waals surface area (Å²) in [6, 6.07) is 13.6. The summed E-state index contributed by atoms with van der Waals surface area (Å²) < 4.78 is 17.3. The molecule has 1 amide bonds. The molecule has 0 spiro atoms. The van der Waals surface area contributed by atoms with Crippen molar-refractivity contribution in [3.63, 3.8) is 0 Å². The van der Waals surface area contributed by atoms with E-state index in [1.54, 1.807) is 20.4 Å². The Balaban J connectivity index is 1.51. The fourth-order valence-corrected chi connectivity index (χ4v) is 4.66. The molecule has 0 radical (unpaired) electrons. The SMILES string of the molecule is COc1cccc(CC(=O)N2C[C@H](Oc3ccccn3)[C@H]3C[C@@H]2CC[C@H]3OC)c1. The van der Waals surface area contributed by atoms with Crippen molar-refractivity contribution in [2.45, 2.75) is 43.9 Å². The van der Waals surface area contributed by atoms with Crippen LogP contribution in [0.1, 0.15) is 24.8 Å². The number of rotatable bonds is 6. The number of pyridine rings is 1. The number of likely N-dealkylation sites (tertiary alicyclic amines) is 1. The quantitative estimate of drug-likeness (QED) is 0.751. The largest absolute Gasteiger partial charge is 0.497 e. The predicted molar refractivity (Wildman–Crippen MR) is 109 cm³/mol. The van der Waals surface area contributed by atoms with Gasteiger partial charge in [-0.05, 0) is 43.0 Å². The lowest BCUT2D eigenvalue weighted by atomic mass is 9.75. The van der Waals surface area contributed by atoms with E-state index in [-0.39, 0.29) is 30.1 Å². The highest BCUT2D eigenvalue weighted by Gasteiger charge is 2.46. The average Bonchev–Trinajstić information content (AvgIpc) is 2.76. The third-order valence-corrected chi connectivity index (χ3v) is 6.12. The first-order valence-electron chi connectivity index (χ1n) is 10.2. The smallest absolute Gasteiger partial charge is 0.227 e. The number of aromatic nitrogens is 1. The van der Waals surface area contributed by atoms with E-state index in [2.05, 4.69) is 4.98 Å². The van der Waals surface area contributed by atoms with Gasteiger partial charge in [-0.3, -0.25) is 4.79 Å². The summed E-state index contributed by atoms with van der Waals surface area (Å²) in [6.07, 6.45) is 4.94. The van der Waals surface area contributed by atoms with Crippen molar-refractivity contribution in [3.8, 4) is 11.6 Å². The van der Waals surface area contributed by atoms with Crippen LogP contribution in [0.5, 0.6) is 11.6 Å². The van der Waals surface area contributed by atoms with Gasteiger partial charge in [0.25, 0.3) is 0 Å². The van der Waals surface area contributed by atoms with E-state index in [4.69, 9.17) is 14.2 Å². The molecule has 6 nitrogen and oxygen atoms in total. The van der Waals surface area contributed by atoms with Crippen molar-refractivity contribution in [2.24, 2.45) is 5.92 Å². The van der Waals surface area contributed by atoms with Gasteiger partial charge in [0.05, 0.1) is 26.2 Å². The van der Waals surface area contributed by atoms with Gasteiger partial charge in [0.15, 0.2) is 0 Å². The molecule has 6 heteroatoms. The molecule has 1 saturated carbocycles. The number of hydrogen-bond acceptors (Lipinski definition) is 5. The predicted octanol–water partition coefficient (Wildman–Crippen LogP) is 3.11. The maximum Gasteiger partial charge on any atom is 0.227 e. The van der Waals surface area contributed by atoms with Gasteiger partial charge < -0.3 is 19.1 Å². The Bertz CT molecular complexity index is 829. The van der Waals surface area contributed by atoms with Gasteiger partial charge in [-0.15, -0.1) is 0 Å². The number of fused-ring (bicyclic) bond motifs is 2. The van der Waals surface area contributed by atoms with Crippen molar-refractivity contribution < 1.29 is 19.0 Å². The third kappa shape index (κ3) is 4.37. The summed E-state index contributed by atoms with van der Waals surface area (Å²) >= 11 is 0. The summed E-state index contributed by atoms with van der Waals surface area (Å²) in [5, 5.41) is 0. The van der Waals surface area contributed by atoms with Crippen LogP contribution in [0.3, 0.4) is 0 Å². The molecule has 1 aromatic carbocycles. The second-order valence-electron chi connectivity index (χ2n) is 7.80. The lowest BCUT2D eigenvalue weighted by Gasteiger charge is -2.49. The van der Waals surface area contributed by atoms with E-state index in [1.165, 1.54) is 0 Å². The second-order valence-corrected chi connectivity index (χ2v) is 7.80. The average molecular weight is 396 g/mol. The molecule has 4 atom stereocenters. The van der Waals surface area contributed by atoms with Gasteiger partial charge in [0.1, 0.15) is 11.9 Å². The molecule has 1 aliphatic heterocycles. The number of carbonyl (C=O) groups is 1. The van der Waals surface area contributed by atoms with E-state index in [9.17, 15) is 4.79 Å². The maximum atomic E-state index is 13.2. The zero-order valence-corrected chi connectivity index (χ0v) is 17.0. The molecule has 4 rings (SSSR count). The Morgan fingerprint density at radius 3 is 2.79 bits per heavy atom. The molecular formula is C23H28N2O4. The van der Waals surface area contributed by atoms with Crippen LogP contribution in [0, 0.1) is 5.92 Å². The Kier molecular flexibility index (Phi) is 6.00. The Morgan fingerprint density at radius 2 is 2.03 bits per heavy atom. The van der Waals surface area contributed by atoms with Crippen LogP contribution in [0.2, 0.25) is 0 Å². The number of piperidine rings is 1. The van der Waals surface area contributed by atoms with E-state index < -0.39 is 0 Å². The van der Waals surface area contributed by atoms with Gasteiger partial charge >= 0.3 is 0 Å². The summed E-state index contributed by atoms with van der Waals surface area (Å²) in [4.78, 5) is 19.5. The van der Waals surface area contributed by atoms with Crippen molar-refractivity contribution in [3.05, 3.63) is 54.2 Å². The first-order valence-corrected chi connectivity index (χ1v) is 10.2. The molecule has 2 heterocycles. The lowest BCUT2D eigenvalue weighted by Crippen LogP contribution is -2.59. The van der Waals surface area contributed by atoms with E-state index in [0.717, 1.165) is 30.6 Å². The van der Waals surface area contributed by atoms with Gasteiger partial charge in [-0.1, -0.05) is 18.2 Å². The number of methoxy groups -OCH3 is 2. The molecular weight excluding hydrogens is 368 g/mol. The van der Waals surface area contributed by atoms with E-state index in [0.29, 0.717) is 18.8 Å². The minimum atomic E-state index is -0.124. The number of ether oxygens (including phenoxy) is 3. The van der Waals surface area contributed by atoms with Crippen LogP contribution in [0.25, 0.3) is 0 Å². The van der Waals surface area contributed by atoms with Crippen molar-refractivity contribution in [1.82, 2.24) is 9.88 Å². The van der Waals surface area contributed by atoms with Gasteiger partial charge in [-0.25, -0.2) is 4.98 Å². The van der Waals surface area contributed by atoms with Crippen molar-refractivity contribution in [2.75, 3.05) is 20.8 Å². The molecule has 1 aromatic heterocycles. The van der Waals surface area contributed by atoms with Crippen molar-refractivity contribution >= 4 is 5.91 Å². The highest BCUT2D eigenvalue weighted by molar-refractivity contribution is 5.79. The van der Waals surface area contributed by atoms with Crippen molar-refractivity contribution in [1.29, 1.82) is 0 Å². The number of amides is 1. The topological polar surface area (TPSA) is 60.9 Å². The maximum absolute atomic E-state index is 13.2. The van der Waals surface area contributed by atoms with Crippen LogP contribution in [-0.4, -0.2) is 54.8 Å². The molecule has 1 aliphatic carbocycles. The summed E-state index contributed by atoms with van der Waals surface area (Å²) in [5.74, 6) is 1.76. The molecule has 1 saturated heterocycles. The van der Waals surface area contributed by atoms with E-state index >= 15 is 0 Å². The highest BCUT2D eigenvalue weighted by atomic mass is 16.5. The monoisotopic (exact) mass is 396 g/mol. The fraction of sp³-hybridized carbons (Fsp3) is 0.478. The highest BCUT2D eigenvalue weighted by Crippen LogP contribution is 2.38. The van der Waals surface area contributed by atoms with E-state index in [1.807, 2.05) is 47.4 Å². The number of carbonyl (C=O) groups excluding carboxylic acids is 1. The normalized spacial score (nSPS) is 26.1. The fourth-order valence-electron chi connectivity index (χ4n) is 4.66. The summed E-state index contributed by atoms with van der Waals surface area (Å²) in [5.41, 5.74) is 0.962. The molecule has 2 fully saturated rings. The molecule has 0 unspecified atom stereocenters. The third-order valence-electron chi connectivity index (χ3n) is 6.12. The Hall–Kier alpha value is -2.60. The van der Waals surface area contributed by atoms with Gasteiger partial charge in [0.2, 0.25) is 11.8 Å². The number of benzene rings is 1. The lowest BCUT2D eigenvalue weighted by molar-refractivity contribution is -0.147. The molecule has 2 aliphatic rings. The molecule has 2 bridgehead atoms. The van der Waals surface area contributed by atoms with Crippen LogP contribution >= 0.6 is 0 Å². The zero-order valence-electron chi connectivity index (χ0n) is 17.0. The first-order chi connectivity index (χ1) is 14.2. The Morgan fingerprint density at radius 1 is 1.14 bits per heavy atom. The molecule has 154 valence electrons. The van der Waals surface area contributed by atoms with Crippen LogP contribution < -0.4 is 9.47 Å².